The van der Waals surface area contributed by atoms with Gasteiger partial charge in [0, 0.05) is 34.3 Å². The van der Waals surface area contributed by atoms with Crippen LogP contribution < -0.4 is 0 Å². The average molecular weight is 572 g/mol. The van der Waals surface area contributed by atoms with E-state index in [1.807, 2.05) is 24.3 Å². The van der Waals surface area contributed by atoms with Gasteiger partial charge in [-0.15, -0.1) is 0 Å². The van der Waals surface area contributed by atoms with E-state index < -0.39 is 0 Å². The molecular weight excluding hydrogens is 552 g/mol. The minimum atomic E-state index is -0.139. The Balaban J connectivity index is 0.000000178. The van der Waals surface area contributed by atoms with Crippen molar-refractivity contribution in [2.45, 2.75) is 6.42 Å². The predicted octanol–water partition coefficient (Wildman–Crippen LogP) is 5.93. The molecule has 2 aromatic heterocycles. The van der Waals surface area contributed by atoms with Crippen molar-refractivity contribution in [2.24, 2.45) is 0 Å². The number of fused-ring (bicyclic) bond motifs is 3. The minimum absolute atomic E-state index is 0. The maximum absolute atomic E-state index is 11.8. The molecule has 0 aliphatic carbocycles. The van der Waals surface area contributed by atoms with Crippen molar-refractivity contribution in [1.82, 2.24) is 9.97 Å². The van der Waals surface area contributed by atoms with Crippen molar-refractivity contribution in [1.29, 1.82) is 0 Å². The van der Waals surface area contributed by atoms with Crippen LogP contribution >= 0.6 is 0 Å². The van der Waals surface area contributed by atoms with Crippen LogP contribution in [0.4, 0.5) is 0 Å². The summed E-state index contributed by atoms with van der Waals surface area (Å²) >= 11 is 0. The normalized spacial score (nSPS) is 10.0. The van der Waals surface area contributed by atoms with Crippen molar-refractivity contribution >= 4 is 33.4 Å². The molecule has 5 heteroatoms. The molecule has 0 bridgehead atoms. The molecule has 5 aromatic rings. The molecule has 0 unspecified atom stereocenters. The zero-order chi connectivity index (χ0) is 21.5. The standard InChI is InChI=1S/C15H12O2.C12H8N2.Er/c16-14(12-7-3-1-4-8-12)11-15(17)13-9-5-2-6-10-13;1-3-9-5-6-10-4-2-8-14-12(10)11(9)13-7-1;/h1-10H,11H2;1-8H;/q;;+3. The number of rotatable bonds is 4. The third-order valence-corrected chi connectivity index (χ3v) is 4.86. The first kappa shape index (κ1) is 23.7. The first-order valence-corrected chi connectivity index (χ1v) is 9.97. The molecular formula is C27H20ErN2O2+3. The maximum atomic E-state index is 11.8. The zero-order valence-corrected chi connectivity index (χ0v) is 19.0. The van der Waals surface area contributed by atoms with E-state index in [1.165, 1.54) is 0 Å². The van der Waals surface area contributed by atoms with E-state index >= 15 is 0 Å². The van der Waals surface area contributed by atoms with Gasteiger partial charge in [0.1, 0.15) is 0 Å². The molecule has 159 valence electrons. The van der Waals surface area contributed by atoms with Crippen LogP contribution in [0.25, 0.3) is 21.8 Å². The van der Waals surface area contributed by atoms with Crippen LogP contribution in [0.3, 0.4) is 0 Å². The summed E-state index contributed by atoms with van der Waals surface area (Å²) in [5.41, 5.74) is 3.12. The predicted molar refractivity (Wildman–Crippen MR) is 123 cm³/mol. The molecule has 0 spiro atoms. The Hall–Kier alpha value is -2.93. The van der Waals surface area contributed by atoms with Gasteiger partial charge >= 0.3 is 37.3 Å². The summed E-state index contributed by atoms with van der Waals surface area (Å²) in [6, 6.07) is 29.9. The summed E-state index contributed by atoms with van der Waals surface area (Å²) in [5, 5.41) is 2.28. The van der Waals surface area contributed by atoms with E-state index in [0.29, 0.717) is 11.1 Å². The van der Waals surface area contributed by atoms with Crippen LogP contribution in [0.2, 0.25) is 0 Å². The summed E-state index contributed by atoms with van der Waals surface area (Å²) in [5.74, 6) is -0.279. The van der Waals surface area contributed by atoms with Gasteiger partial charge in [-0.1, -0.05) is 84.9 Å². The molecule has 1 radical (unpaired) electrons. The number of hydrogen-bond acceptors (Lipinski definition) is 4. The van der Waals surface area contributed by atoms with Crippen LogP contribution in [0, 0.1) is 37.3 Å². The fourth-order valence-electron chi connectivity index (χ4n) is 3.28. The molecule has 0 amide bonds. The molecule has 3 aromatic carbocycles. The van der Waals surface area contributed by atoms with Crippen LogP contribution in [0.5, 0.6) is 0 Å². The molecule has 2 heterocycles. The van der Waals surface area contributed by atoms with E-state index in [2.05, 4.69) is 34.2 Å². The Morgan fingerprint density at radius 1 is 0.531 bits per heavy atom. The second-order valence-corrected chi connectivity index (χ2v) is 6.97. The van der Waals surface area contributed by atoms with Crippen molar-refractivity contribution in [2.75, 3.05) is 0 Å². The Morgan fingerprint density at radius 3 is 1.34 bits per heavy atom. The Kier molecular flexibility index (Phi) is 8.61. The largest absolute Gasteiger partial charge is 3.00 e. The van der Waals surface area contributed by atoms with E-state index in [4.69, 9.17) is 0 Å². The molecule has 5 rings (SSSR count). The third-order valence-electron chi connectivity index (χ3n) is 4.86. The van der Waals surface area contributed by atoms with Crippen LogP contribution in [-0.2, 0) is 0 Å². The average Bonchev–Trinajstić information content (AvgIpc) is 2.85. The monoisotopic (exact) mass is 570 g/mol. The number of benzene rings is 3. The van der Waals surface area contributed by atoms with Gasteiger partial charge in [-0.2, -0.15) is 0 Å². The van der Waals surface area contributed by atoms with Crippen LogP contribution in [0.15, 0.2) is 109 Å². The zero-order valence-electron chi connectivity index (χ0n) is 17.1. The topological polar surface area (TPSA) is 59.9 Å². The number of hydrogen-bond donors (Lipinski definition) is 0. The van der Waals surface area contributed by atoms with E-state index in [1.54, 1.807) is 60.9 Å². The first-order valence-electron chi connectivity index (χ1n) is 9.97. The summed E-state index contributed by atoms with van der Waals surface area (Å²) in [7, 11) is 0. The quantitative estimate of drug-likeness (QED) is 0.153. The van der Waals surface area contributed by atoms with Gasteiger partial charge in [-0.3, -0.25) is 19.6 Å². The fraction of sp³-hybridized carbons (Fsp3) is 0.0370. The Bertz CT molecular complexity index is 1240. The molecule has 0 fully saturated rings. The molecule has 0 saturated carbocycles. The molecule has 32 heavy (non-hydrogen) atoms. The number of Topliss-reactive ketones (excluding diaryl/α,β-unsaturated/α-hetero) is 2. The number of ketones is 2. The van der Waals surface area contributed by atoms with Gasteiger partial charge in [0.15, 0.2) is 11.6 Å². The number of aromatic nitrogens is 2. The SMILES string of the molecule is O=C(CC(=O)c1ccccc1)c1ccccc1.[Er+3].c1cnc2c(c1)ccc1cccnc12. The summed E-state index contributed by atoms with van der Waals surface area (Å²) < 4.78 is 0. The molecule has 0 aliphatic rings. The number of nitrogens with zero attached hydrogens (tertiary/aromatic N) is 2. The maximum Gasteiger partial charge on any atom is 3.00 e. The van der Waals surface area contributed by atoms with E-state index in [9.17, 15) is 9.59 Å². The van der Waals surface area contributed by atoms with Crippen LogP contribution in [0.1, 0.15) is 27.1 Å². The van der Waals surface area contributed by atoms with Crippen molar-refractivity contribution in [3.8, 4) is 0 Å². The van der Waals surface area contributed by atoms with Gasteiger partial charge in [0.05, 0.1) is 17.5 Å². The van der Waals surface area contributed by atoms with Gasteiger partial charge in [0.25, 0.3) is 0 Å². The van der Waals surface area contributed by atoms with Gasteiger partial charge in [-0.25, -0.2) is 0 Å². The molecule has 0 atom stereocenters. The smallest absolute Gasteiger partial charge is 0.294 e. The van der Waals surface area contributed by atoms with E-state index in [-0.39, 0.29) is 55.3 Å². The second kappa shape index (κ2) is 11.6. The summed E-state index contributed by atoms with van der Waals surface area (Å²) in [4.78, 5) is 32.3. The number of carbonyl (C=O) groups excluding carboxylic acids is 2. The first-order chi connectivity index (χ1) is 15.2. The van der Waals surface area contributed by atoms with Gasteiger partial charge < -0.3 is 0 Å². The summed E-state index contributed by atoms with van der Waals surface area (Å²) in [6.07, 6.45) is 3.53. The molecule has 0 saturated heterocycles. The van der Waals surface area contributed by atoms with Gasteiger partial charge in [-0.05, 0) is 12.1 Å². The second-order valence-electron chi connectivity index (χ2n) is 6.97. The fourth-order valence-corrected chi connectivity index (χ4v) is 3.28. The Morgan fingerprint density at radius 2 is 0.938 bits per heavy atom. The molecule has 4 nitrogen and oxygen atoms in total. The molecule has 0 aliphatic heterocycles. The summed E-state index contributed by atoms with van der Waals surface area (Å²) in [6.45, 7) is 0. The van der Waals surface area contributed by atoms with Gasteiger partial charge in [0.2, 0.25) is 0 Å². The number of pyridine rings is 2. The van der Waals surface area contributed by atoms with E-state index in [0.717, 1.165) is 21.8 Å². The Labute approximate surface area is 215 Å². The van der Waals surface area contributed by atoms with Crippen LogP contribution in [-0.4, -0.2) is 21.5 Å². The number of carbonyl (C=O) groups is 2. The third kappa shape index (κ3) is 5.85. The van der Waals surface area contributed by atoms with Crippen molar-refractivity contribution in [3.05, 3.63) is 121 Å². The molecule has 0 N–H and O–H groups in total. The van der Waals surface area contributed by atoms with Crippen molar-refractivity contribution < 1.29 is 46.9 Å². The minimum Gasteiger partial charge on any atom is -0.294 e. The van der Waals surface area contributed by atoms with Crippen molar-refractivity contribution in [3.63, 3.8) is 0 Å².